The first-order valence-electron chi connectivity index (χ1n) is 10.2. The molecule has 0 bridgehead atoms. The SMILES string of the molecule is CC(=O)Nc1ccc(C2=C(Nc3ccc(C)cc3)C(=O)N(CCOC(C)C)C2=O)cc1. The molecular weight excluding hydrogens is 394 g/mol. The van der Waals surface area contributed by atoms with Gasteiger partial charge in [-0.2, -0.15) is 0 Å². The Morgan fingerprint density at radius 1 is 0.968 bits per heavy atom. The average Bonchev–Trinajstić information content (AvgIpc) is 2.94. The zero-order valence-electron chi connectivity index (χ0n) is 18.2. The van der Waals surface area contributed by atoms with Gasteiger partial charge in [0.25, 0.3) is 11.8 Å². The van der Waals surface area contributed by atoms with Gasteiger partial charge in [-0.15, -0.1) is 0 Å². The van der Waals surface area contributed by atoms with E-state index in [0.717, 1.165) is 11.3 Å². The molecule has 162 valence electrons. The van der Waals surface area contributed by atoms with Crippen LogP contribution < -0.4 is 10.6 Å². The molecule has 0 saturated carbocycles. The molecule has 0 aromatic heterocycles. The molecule has 0 atom stereocenters. The van der Waals surface area contributed by atoms with E-state index >= 15 is 0 Å². The van der Waals surface area contributed by atoms with Crippen LogP contribution in [0.4, 0.5) is 11.4 Å². The van der Waals surface area contributed by atoms with E-state index in [-0.39, 0.29) is 42.7 Å². The number of rotatable bonds is 8. The zero-order valence-corrected chi connectivity index (χ0v) is 18.2. The van der Waals surface area contributed by atoms with Gasteiger partial charge in [0.2, 0.25) is 5.91 Å². The van der Waals surface area contributed by atoms with Crippen LogP contribution in [-0.4, -0.2) is 41.9 Å². The van der Waals surface area contributed by atoms with Crippen molar-refractivity contribution < 1.29 is 19.1 Å². The van der Waals surface area contributed by atoms with Gasteiger partial charge in [-0.25, -0.2) is 0 Å². The van der Waals surface area contributed by atoms with Gasteiger partial charge in [-0.3, -0.25) is 19.3 Å². The molecule has 0 saturated heterocycles. The fourth-order valence-corrected chi connectivity index (χ4v) is 3.25. The molecule has 31 heavy (non-hydrogen) atoms. The Labute approximate surface area is 182 Å². The molecular formula is C24H27N3O4. The number of anilines is 2. The topological polar surface area (TPSA) is 87.7 Å². The van der Waals surface area contributed by atoms with Gasteiger partial charge < -0.3 is 15.4 Å². The lowest BCUT2D eigenvalue weighted by Crippen LogP contribution is -2.35. The highest BCUT2D eigenvalue weighted by atomic mass is 16.5. The van der Waals surface area contributed by atoms with Crippen molar-refractivity contribution in [3.8, 4) is 0 Å². The van der Waals surface area contributed by atoms with Crippen molar-refractivity contribution in [2.45, 2.75) is 33.8 Å². The van der Waals surface area contributed by atoms with Gasteiger partial charge in [0.1, 0.15) is 5.70 Å². The van der Waals surface area contributed by atoms with Crippen molar-refractivity contribution in [2.75, 3.05) is 23.8 Å². The number of amides is 3. The van der Waals surface area contributed by atoms with Crippen LogP contribution in [0.15, 0.2) is 54.2 Å². The minimum Gasteiger partial charge on any atom is -0.377 e. The van der Waals surface area contributed by atoms with Gasteiger partial charge in [-0.05, 0) is 50.6 Å². The highest BCUT2D eigenvalue weighted by Gasteiger charge is 2.39. The molecule has 0 spiro atoms. The maximum absolute atomic E-state index is 13.2. The summed E-state index contributed by atoms with van der Waals surface area (Å²) in [7, 11) is 0. The van der Waals surface area contributed by atoms with Crippen LogP contribution in [0, 0.1) is 6.92 Å². The first kappa shape index (κ1) is 22.2. The average molecular weight is 421 g/mol. The number of hydrogen-bond acceptors (Lipinski definition) is 5. The van der Waals surface area contributed by atoms with Gasteiger partial charge in [0, 0.05) is 18.3 Å². The number of nitrogens with one attached hydrogen (secondary N) is 2. The lowest BCUT2D eigenvalue weighted by atomic mass is 10.0. The molecule has 3 amide bonds. The number of nitrogens with zero attached hydrogens (tertiary/aromatic N) is 1. The summed E-state index contributed by atoms with van der Waals surface area (Å²) in [6.45, 7) is 7.64. The number of hydrogen-bond donors (Lipinski definition) is 2. The van der Waals surface area contributed by atoms with Crippen LogP contribution in [0.3, 0.4) is 0 Å². The lowest BCUT2D eigenvalue weighted by molar-refractivity contribution is -0.138. The Morgan fingerprint density at radius 3 is 2.16 bits per heavy atom. The van der Waals surface area contributed by atoms with E-state index in [1.54, 1.807) is 24.3 Å². The zero-order chi connectivity index (χ0) is 22.5. The first-order chi connectivity index (χ1) is 14.8. The molecule has 2 N–H and O–H groups in total. The van der Waals surface area contributed by atoms with E-state index in [1.165, 1.54) is 11.8 Å². The number of ether oxygens (including phenoxy) is 1. The fraction of sp³-hybridized carbons (Fsp3) is 0.292. The molecule has 0 aliphatic carbocycles. The van der Waals surface area contributed by atoms with Crippen molar-refractivity contribution in [3.05, 3.63) is 65.4 Å². The molecule has 2 aromatic carbocycles. The molecule has 7 heteroatoms. The van der Waals surface area contributed by atoms with Crippen molar-refractivity contribution in [1.82, 2.24) is 4.90 Å². The Balaban J connectivity index is 1.94. The molecule has 0 unspecified atom stereocenters. The normalized spacial score (nSPS) is 13.9. The van der Waals surface area contributed by atoms with E-state index < -0.39 is 0 Å². The highest BCUT2D eigenvalue weighted by Crippen LogP contribution is 2.31. The molecule has 2 aromatic rings. The Bertz CT molecular complexity index is 1010. The van der Waals surface area contributed by atoms with Gasteiger partial charge >= 0.3 is 0 Å². The number of carbonyl (C=O) groups is 3. The third kappa shape index (κ3) is 5.38. The van der Waals surface area contributed by atoms with Crippen LogP contribution in [0.1, 0.15) is 31.9 Å². The molecule has 1 aliphatic heterocycles. The summed E-state index contributed by atoms with van der Waals surface area (Å²) >= 11 is 0. The predicted octanol–water partition coefficient (Wildman–Crippen LogP) is 3.57. The largest absolute Gasteiger partial charge is 0.377 e. The molecule has 3 rings (SSSR count). The van der Waals surface area contributed by atoms with E-state index in [0.29, 0.717) is 16.8 Å². The van der Waals surface area contributed by atoms with E-state index in [2.05, 4.69) is 10.6 Å². The van der Waals surface area contributed by atoms with Crippen molar-refractivity contribution in [1.29, 1.82) is 0 Å². The summed E-state index contributed by atoms with van der Waals surface area (Å²) in [6, 6.07) is 14.4. The van der Waals surface area contributed by atoms with Crippen LogP contribution >= 0.6 is 0 Å². The van der Waals surface area contributed by atoms with Crippen molar-refractivity contribution in [2.24, 2.45) is 0 Å². The molecule has 7 nitrogen and oxygen atoms in total. The van der Waals surface area contributed by atoms with Crippen LogP contribution in [0.25, 0.3) is 5.57 Å². The fourth-order valence-electron chi connectivity index (χ4n) is 3.25. The summed E-state index contributed by atoms with van der Waals surface area (Å²) in [5.74, 6) is -0.949. The maximum Gasteiger partial charge on any atom is 0.278 e. The second-order valence-electron chi connectivity index (χ2n) is 7.68. The van der Waals surface area contributed by atoms with Gasteiger partial charge in [0.05, 0.1) is 24.8 Å². The Hall–Kier alpha value is -3.45. The van der Waals surface area contributed by atoms with Crippen LogP contribution in [0.5, 0.6) is 0 Å². The van der Waals surface area contributed by atoms with Crippen LogP contribution in [0.2, 0.25) is 0 Å². The molecule has 0 radical (unpaired) electrons. The number of aryl methyl sites for hydroxylation is 1. The van der Waals surface area contributed by atoms with E-state index in [4.69, 9.17) is 4.74 Å². The number of imide groups is 1. The molecule has 1 aliphatic rings. The second-order valence-corrected chi connectivity index (χ2v) is 7.68. The van der Waals surface area contributed by atoms with E-state index in [1.807, 2.05) is 45.0 Å². The third-order valence-corrected chi connectivity index (χ3v) is 4.75. The standard InChI is InChI=1S/C24H27N3O4/c1-15(2)31-14-13-27-23(29)21(18-7-11-19(12-8-18)25-17(4)28)22(24(27)30)26-20-9-5-16(3)6-10-20/h5-12,15,26H,13-14H2,1-4H3,(H,25,28). The number of benzene rings is 2. The predicted molar refractivity (Wildman–Crippen MR) is 120 cm³/mol. The summed E-state index contributed by atoms with van der Waals surface area (Å²) in [5.41, 5.74) is 3.54. The minimum absolute atomic E-state index is 0.00621. The Morgan fingerprint density at radius 2 is 1.58 bits per heavy atom. The van der Waals surface area contributed by atoms with Crippen LogP contribution in [-0.2, 0) is 19.1 Å². The molecule has 0 fully saturated rings. The third-order valence-electron chi connectivity index (χ3n) is 4.75. The quantitative estimate of drug-likeness (QED) is 0.636. The highest BCUT2D eigenvalue weighted by molar-refractivity contribution is 6.36. The first-order valence-corrected chi connectivity index (χ1v) is 10.2. The monoisotopic (exact) mass is 421 g/mol. The Kier molecular flexibility index (Phi) is 6.87. The smallest absolute Gasteiger partial charge is 0.278 e. The molecule has 1 heterocycles. The summed E-state index contributed by atoms with van der Waals surface area (Å²) in [5, 5.41) is 5.83. The maximum atomic E-state index is 13.2. The summed E-state index contributed by atoms with van der Waals surface area (Å²) in [6.07, 6.45) is 0.00621. The second kappa shape index (κ2) is 9.57. The van der Waals surface area contributed by atoms with Crippen molar-refractivity contribution >= 4 is 34.7 Å². The van der Waals surface area contributed by atoms with Gasteiger partial charge in [-0.1, -0.05) is 29.8 Å². The summed E-state index contributed by atoms with van der Waals surface area (Å²) in [4.78, 5) is 38.8. The number of carbonyl (C=O) groups excluding carboxylic acids is 3. The van der Waals surface area contributed by atoms with Gasteiger partial charge in [0.15, 0.2) is 0 Å². The minimum atomic E-state index is -0.390. The lowest BCUT2D eigenvalue weighted by Gasteiger charge is -2.16. The summed E-state index contributed by atoms with van der Waals surface area (Å²) < 4.78 is 5.54. The van der Waals surface area contributed by atoms with Crippen molar-refractivity contribution in [3.63, 3.8) is 0 Å². The van der Waals surface area contributed by atoms with E-state index in [9.17, 15) is 14.4 Å².